The van der Waals surface area contributed by atoms with Gasteiger partial charge in [-0.1, -0.05) is 60.7 Å². The number of hydrogen-bond acceptors (Lipinski definition) is 2. The van der Waals surface area contributed by atoms with Crippen molar-refractivity contribution in [3.8, 4) is 0 Å². The molecular weight excluding hydrogens is 246 g/mol. The minimum absolute atomic E-state index is 0.113. The normalized spacial score (nSPS) is 14.4. The average Bonchev–Trinajstić information content (AvgIpc) is 2.52. The maximum atomic E-state index is 5.83. The molecule has 2 nitrogen and oxygen atoms in total. The zero-order chi connectivity index (χ0) is 13.8. The van der Waals surface area contributed by atoms with Gasteiger partial charge in [0, 0.05) is 5.70 Å². The maximum absolute atomic E-state index is 5.83. The Morgan fingerprint density at radius 2 is 1.35 bits per heavy atom. The molecule has 2 aromatic carbocycles. The predicted molar refractivity (Wildman–Crippen MR) is 81.0 cm³/mol. The van der Waals surface area contributed by atoms with Crippen molar-refractivity contribution < 1.29 is 4.74 Å². The fraction of sp³-hybridized carbons (Fsp3) is 0.111. The number of ether oxygens (including phenoxy) is 1. The third-order valence-electron chi connectivity index (χ3n) is 3.42. The van der Waals surface area contributed by atoms with Gasteiger partial charge >= 0.3 is 0 Å². The molecule has 0 radical (unpaired) electrons. The number of hydrogen-bond donors (Lipinski definition) is 1. The van der Waals surface area contributed by atoms with Crippen LogP contribution in [0.2, 0.25) is 0 Å². The van der Waals surface area contributed by atoms with Gasteiger partial charge in [0.2, 0.25) is 0 Å². The first kappa shape index (κ1) is 12.5. The highest BCUT2D eigenvalue weighted by Crippen LogP contribution is 2.33. The molecule has 0 bridgehead atoms. The van der Waals surface area contributed by atoms with Gasteiger partial charge in [-0.2, -0.15) is 0 Å². The quantitative estimate of drug-likeness (QED) is 0.918. The highest BCUT2D eigenvalue weighted by Gasteiger charge is 2.21. The van der Waals surface area contributed by atoms with Crippen molar-refractivity contribution in [1.82, 2.24) is 0 Å². The first-order valence-electron chi connectivity index (χ1n) is 6.73. The van der Waals surface area contributed by atoms with Crippen molar-refractivity contribution >= 4 is 0 Å². The smallest absolute Gasteiger partial charge is 0.127 e. The van der Waals surface area contributed by atoms with E-state index in [0.29, 0.717) is 6.61 Å². The summed E-state index contributed by atoms with van der Waals surface area (Å²) in [5.41, 5.74) is 8.97. The van der Waals surface area contributed by atoms with Crippen LogP contribution in [0.1, 0.15) is 17.0 Å². The molecule has 0 aliphatic carbocycles. The predicted octanol–water partition coefficient (Wildman–Crippen LogP) is 3.58. The number of allylic oxidation sites excluding steroid dienone is 3. The molecule has 0 amide bonds. The third kappa shape index (κ3) is 2.59. The molecule has 0 saturated heterocycles. The molecule has 0 fully saturated rings. The van der Waals surface area contributed by atoms with Crippen molar-refractivity contribution in [2.75, 3.05) is 6.61 Å². The lowest BCUT2D eigenvalue weighted by Gasteiger charge is -2.24. The van der Waals surface area contributed by atoms with Gasteiger partial charge < -0.3 is 10.5 Å². The Hall–Kier alpha value is -2.48. The van der Waals surface area contributed by atoms with Gasteiger partial charge in [-0.3, -0.25) is 0 Å². The Labute approximate surface area is 119 Å². The van der Waals surface area contributed by atoms with E-state index in [-0.39, 0.29) is 5.92 Å². The molecule has 0 unspecified atom stereocenters. The summed E-state index contributed by atoms with van der Waals surface area (Å²) in [7, 11) is 0. The molecule has 1 aliphatic heterocycles. The summed E-state index contributed by atoms with van der Waals surface area (Å²) < 4.78 is 5.83. The Morgan fingerprint density at radius 3 is 1.80 bits per heavy atom. The molecule has 0 saturated carbocycles. The second kappa shape index (κ2) is 5.66. The lowest BCUT2D eigenvalue weighted by Crippen LogP contribution is -2.15. The summed E-state index contributed by atoms with van der Waals surface area (Å²) >= 11 is 0. The van der Waals surface area contributed by atoms with Gasteiger partial charge in [0.05, 0.1) is 5.92 Å². The highest BCUT2D eigenvalue weighted by atomic mass is 16.5. The van der Waals surface area contributed by atoms with Crippen LogP contribution in [0, 0.1) is 0 Å². The van der Waals surface area contributed by atoms with Gasteiger partial charge in [0.1, 0.15) is 12.4 Å². The van der Waals surface area contributed by atoms with Crippen LogP contribution in [-0.2, 0) is 4.74 Å². The van der Waals surface area contributed by atoms with Crippen LogP contribution in [0.5, 0.6) is 0 Å². The van der Waals surface area contributed by atoms with Crippen LogP contribution in [0.15, 0.2) is 84.3 Å². The molecule has 20 heavy (non-hydrogen) atoms. The Kier molecular flexibility index (Phi) is 3.55. The summed E-state index contributed by atoms with van der Waals surface area (Å²) in [6.45, 7) is 0.460. The number of rotatable bonds is 3. The first-order valence-corrected chi connectivity index (χ1v) is 6.73. The summed E-state index contributed by atoms with van der Waals surface area (Å²) in [6.07, 6.45) is 3.90. The van der Waals surface area contributed by atoms with Crippen molar-refractivity contribution in [1.29, 1.82) is 0 Å². The lowest BCUT2D eigenvalue weighted by atomic mass is 9.89. The van der Waals surface area contributed by atoms with E-state index in [0.717, 1.165) is 11.5 Å². The van der Waals surface area contributed by atoms with Crippen LogP contribution in [-0.4, -0.2) is 6.61 Å². The van der Waals surface area contributed by atoms with Crippen LogP contribution in [0.3, 0.4) is 0 Å². The number of benzene rings is 2. The second-order valence-corrected chi connectivity index (χ2v) is 4.85. The largest absolute Gasteiger partial charge is 0.491 e. The molecule has 2 heteroatoms. The van der Waals surface area contributed by atoms with Gasteiger partial charge in [-0.25, -0.2) is 0 Å². The topological polar surface area (TPSA) is 35.2 Å². The van der Waals surface area contributed by atoms with E-state index in [4.69, 9.17) is 10.5 Å². The second-order valence-electron chi connectivity index (χ2n) is 4.85. The summed E-state index contributed by atoms with van der Waals surface area (Å²) in [5.74, 6) is 1.05. The van der Waals surface area contributed by atoms with Crippen LogP contribution in [0.25, 0.3) is 0 Å². The van der Waals surface area contributed by atoms with E-state index in [9.17, 15) is 0 Å². The standard InChI is InChI=1S/C18H17NO/c19-16-11-12-17(20-13-16)18(14-7-3-1-4-8-14)15-9-5-2-6-10-15/h1-12,18H,13,19H2. The van der Waals surface area contributed by atoms with Crippen LogP contribution < -0.4 is 5.73 Å². The van der Waals surface area contributed by atoms with Gasteiger partial charge in [0.15, 0.2) is 0 Å². The van der Waals surface area contributed by atoms with E-state index in [2.05, 4.69) is 48.5 Å². The molecule has 1 heterocycles. The lowest BCUT2D eigenvalue weighted by molar-refractivity contribution is 0.219. The van der Waals surface area contributed by atoms with Crippen molar-refractivity contribution in [2.24, 2.45) is 5.73 Å². The SMILES string of the molecule is NC1=CC=C(C(c2ccccc2)c2ccccc2)OC1. The summed E-state index contributed by atoms with van der Waals surface area (Å²) in [4.78, 5) is 0. The molecule has 2 aromatic rings. The zero-order valence-electron chi connectivity index (χ0n) is 11.2. The molecular formula is C18H17NO. The Morgan fingerprint density at radius 1 is 0.800 bits per heavy atom. The Bertz CT molecular complexity index is 589. The average molecular weight is 263 g/mol. The fourth-order valence-corrected chi connectivity index (χ4v) is 2.44. The molecule has 0 spiro atoms. The van der Waals surface area contributed by atoms with E-state index in [1.165, 1.54) is 11.1 Å². The molecule has 0 aromatic heterocycles. The van der Waals surface area contributed by atoms with Gasteiger partial charge in [-0.15, -0.1) is 0 Å². The molecule has 100 valence electrons. The van der Waals surface area contributed by atoms with E-state index in [1.807, 2.05) is 24.3 Å². The van der Waals surface area contributed by atoms with Crippen LogP contribution >= 0.6 is 0 Å². The Balaban J connectivity index is 2.05. The fourth-order valence-electron chi connectivity index (χ4n) is 2.44. The summed E-state index contributed by atoms with van der Waals surface area (Å²) in [6, 6.07) is 20.8. The van der Waals surface area contributed by atoms with Crippen LogP contribution in [0.4, 0.5) is 0 Å². The van der Waals surface area contributed by atoms with E-state index < -0.39 is 0 Å². The molecule has 0 atom stereocenters. The zero-order valence-corrected chi connectivity index (χ0v) is 11.2. The molecule has 1 aliphatic rings. The van der Waals surface area contributed by atoms with Gasteiger partial charge in [0.25, 0.3) is 0 Å². The first-order chi connectivity index (χ1) is 9.84. The molecule has 3 rings (SSSR count). The maximum Gasteiger partial charge on any atom is 0.127 e. The number of nitrogens with two attached hydrogens (primary N) is 1. The molecule has 2 N–H and O–H groups in total. The minimum atomic E-state index is 0.113. The monoisotopic (exact) mass is 263 g/mol. The third-order valence-corrected chi connectivity index (χ3v) is 3.42. The van der Waals surface area contributed by atoms with Crippen molar-refractivity contribution in [2.45, 2.75) is 5.92 Å². The highest BCUT2D eigenvalue weighted by molar-refractivity contribution is 5.41. The van der Waals surface area contributed by atoms with Crippen molar-refractivity contribution in [3.63, 3.8) is 0 Å². The van der Waals surface area contributed by atoms with E-state index in [1.54, 1.807) is 0 Å². The van der Waals surface area contributed by atoms with Gasteiger partial charge in [-0.05, 0) is 23.3 Å². The van der Waals surface area contributed by atoms with E-state index >= 15 is 0 Å². The van der Waals surface area contributed by atoms with Crippen molar-refractivity contribution in [3.05, 3.63) is 95.4 Å². The summed E-state index contributed by atoms with van der Waals surface area (Å²) in [5, 5.41) is 0. The minimum Gasteiger partial charge on any atom is -0.491 e.